The van der Waals surface area contributed by atoms with Gasteiger partial charge in [0, 0.05) is 34.7 Å². The van der Waals surface area contributed by atoms with E-state index in [0.29, 0.717) is 12.0 Å². The van der Waals surface area contributed by atoms with E-state index in [1.165, 1.54) is 56.5 Å². The van der Waals surface area contributed by atoms with Crippen molar-refractivity contribution in [2.45, 2.75) is 52.0 Å². The quantitative estimate of drug-likeness (QED) is 0.894. The third-order valence-electron chi connectivity index (χ3n) is 6.32. The largest absolute Gasteiger partial charge is 0.358 e. The molecule has 0 aliphatic carbocycles. The molecule has 4 rings (SSSR count). The summed E-state index contributed by atoms with van der Waals surface area (Å²) in [5, 5.41) is 4.37. The Morgan fingerprint density at radius 2 is 2.04 bits per heavy atom. The van der Waals surface area contributed by atoms with Gasteiger partial charge in [0.25, 0.3) is 5.91 Å². The van der Waals surface area contributed by atoms with Gasteiger partial charge in [0.1, 0.15) is 0 Å². The van der Waals surface area contributed by atoms with Crippen molar-refractivity contribution in [1.29, 1.82) is 0 Å². The molecule has 2 atom stereocenters. The standard InChI is InChI=1S/C21H29N3O/c1-14-15(2)23-19-9-8-16(12-18(14)19)21(25)22-13-17-6-5-11-24-10-4-3-7-20(17)24/h8-9,12,17,20,23H,3-7,10-11,13H2,1-2H3,(H,22,25)/t17-,20+/m1/s1. The number of carbonyl (C=O) groups excluding carboxylic acids is 1. The van der Waals surface area contributed by atoms with Crippen molar-refractivity contribution >= 4 is 16.8 Å². The van der Waals surface area contributed by atoms with Crippen molar-refractivity contribution in [3.05, 3.63) is 35.0 Å². The zero-order chi connectivity index (χ0) is 17.4. The lowest BCUT2D eigenvalue weighted by Gasteiger charge is -2.44. The van der Waals surface area contributed by atoms with Crippen LogP contribution in [0.2, 0.25) is 0 Å². The number of hydrogen-bond acceptors (Lipinski definition) is 2. The number of aryl methyl sites for hydroxylation is 2. The number of aromatic nitrogens is 1. The number of amides is 1. The number of rotatable bonds is 3. The molecule has 2 fully saturated rings. The van der Waals surface area contributed by atoms with E-state index in [0.717, 1.165) is 23.0 Å². The highest BCUT2D eigenvalue weighted by Gasteiger charge is 2.32. The van der Waals surface area contributed by atoms with E-state index in [-0.39, 0.29) is 5.91 Å². The molecule has 2 aromatic rings. The number of carbonyl (C=O) groups is 1. The van der Waals surface area contributed by atoms with Crippen LogP contribution in [0.3, 0.4) is 0 Å². The Kier molecular flexibility index (Phi) is 4.55. The molecule has 0 saturated carbocycles. The third kappa shape index (κ3) is 3.20. The summed E-state index contributed by atoms with van der Waals surface area (Å²) in [5.74, 6) is 0.672. The van der Waals surface area contributed by atoms with Crippen LogP contribution in [0.15, 0.2) is 18.2 Å². The molecule has 0 radical (unpaired) electrons. The van der Waals surface area contributed by atoms with Crippen LogP contribution < -0.4 is 5.32 Å². The van der Waals surface area contributed by atoms with E-state index in [4.69, 9.17) is 0 Å². The Labute approximate surface area is 150 Å². The number of benzene rings is 1. The first kappa shape index (κ1) is 16.6. The summed E-state index contributed by atoms with van der Waals surface area (Å²) >= 11 is 0. The fraction of sp³-hybridized carbons (Fsp3) is 0.571. The summed E-state index contributed by atoms with van der Waals surface area (Å²) in [6.45, 7) is 7.49. The van der Waals surface area contributed by atoms with Gasteiger partial charge in [-0.15, -0.1) is 0 Å². The molecule has 4 nitrogen and oxygen atoms in total. The van der Waals surface area contributed by atoms with Gasteiger partial charge in [-0.25, -0.2) is 0 Å². The van der Waals surface area contributed by atoms with Crippen LogP contribution in [0.25, 0.3) is 10.9 Å². The number of fused-ring (bicyclic) bond motifs is 2. The molecule has 2 aliphatic heterocycles. The van der Waals surface area contributed by atoms with Gasteiger partial charge >= 0.3 is 0 Å². The van der Waals surface area contributed by atoms with Crippen LogP contribution in [0.5, 0.6) is 0 Å². The third-order valence-corrected chi connectivity index (χ3v) is 6.32. The molecule has 134 valence electrons. The number of piperidine rings is 2. The zero-order valence-corrected chi connectivity index (χ0v) is 15.4. The second-order valence-electron chi connectivity index (χ2n) is 7.85. The zero-order valence-electron chi connectivity index (χ0n) is 15.4. The van der Waals surface area contributed by atoms with Gasteiger partial charge in [0.2, 0.25) is 0 Å². The average molecular weight is 339 g/mol. The minimum atomic E-state index is 0.0630. The highest BCUT2D eigenvalue weighted by atomic mass is 16.1. The summed E-state index contributed by atoms with van der Waals surface area (Å²) in [6, 6.07) is 6.66. The minimum Gasteiger partial charge on any atom is -0.358 e. The smallest absolute Gasteiger partial charge is 0.251 e. The van der Waals surface area contributed by atoms with Crippen LogP contribution in [-0.2, 0) is 0 Å². The maximum Gasteiger partial charge on any atom is 0.251 e. The molecule has 4 heteroatoms. The number of aromatic amines is 1. The Morgan fingerprint density at radius 1 is 1.20 bits per heavy atom. The van der Waals surface area contributed by atoms with Crippen molar-refractivity contribution in [2.75, 3.05) is 19.6 Å². The minimum absolute atomic E-state index is 0.0630. The Morgan fingerprint density at radius 3 is 2.92 bits per heavy atom. The molecular weight excluding hydrogens is 310 g/mol. The van der Waals surface area contributed by atoms with E-state index in [1.54, 1.807) is 0 Å². The molecule has 0 bridgehead atoms. The summed E-state index contributed by atoms with van der Waals surface area (Å²) in [5.41, 5.74) is 4.28. The molecule has 25 heavy (non-hydrogen) atoms. The lowest BCUT2D eigenvalue weighted by atomic mass is 9.83. The van der Waals surface area contributed by atoms with Gasteiger partial charge in [0.15, 0.2) is 0 Å². The average Bonchev–Trinajstić information content (AvgIpc) is 2.93. The summed E-state index contributed by atoms with van der Waals surface area (Å²) in [6.07, 6.45) is 6.50. The predicted molar refractivity (Wildman–Crippen MR) is 102 cm³/mol. The van der Waals surface area contributed by atoms with Crippen molar-refractivity contribution in [2.24, 2.45) is 5.92 Å². The number of H-pyrrole nitrogens is 1. The second kappa shape index (κ2) is 6.83. The fourth-order valence-corrected chi connectivity index (χ4v) is 4.74. The predicted octanol–water partition coefficient (Wildman–Crippen LogP) is 3.78. The maximum absolute atomic E-state index is 12.7. The molecule has 3 heterocycles. The van der Waals surface area contributed by atoms with Gasteiger partial charge in [-0.1, -0.05) is 6.42 Å². The van der Waals surface area contributed by atoms with Crippen LogP contribution >= 0.6 is 0 Å². The van der Waals surface area contributed by atoms with Gasteiger partial charge in [-0.05, 0) is 82.3 Å². The molecule has 2 N–H and O–H groups in total. The van der Waals surface area contributed by atoms with Gasteiger partial charge in [0.05, 0.1) is 0 Å². The van der Waals surface area contributed by atoms with Crippen LogP contribution in [0.1, 0.15) is 53.7 Å². The van der Waals surface area contributed by atoms with Crippen LogP contribution in [-0.4, -0.2) is 41.5 Å². The number of hydrogen-bond donors (Lipinski definition) is 2. The fourth-order valence-electron chi connectivity index (χ4n) is 4.74. The highest BCUT2D eigenvalue weighted by molar-refractivity contribution is 5.99. The van der Waals surface area contributed by atoms with Gasteiger partial charge in [-0.2, -0.15) is 0 Å². The Bertz CT molecular complexity index is 777. The van der Waals surface area contributed by atoms with E-state index in [1.807, 2.05) is 18.2 Å². The molecule has 1 aromatic carbocycles. The normalized spacial score (nSPS) is 24.2. The first-order valence-corrected chi connectivity index (χ1v) is 9.74. The summed E-state index contributed by atoms with van der Waals surface area (Å²) in [4.78, 5) is 18.7. The molecule has 0 unspecified atom stereocenters. The second-order valence-corrected chi connectivity index (χ2v) is 7.85. The SMILES string of the molecule is Cc1[nH]c2ccc(C(=O)NC[C@H]3CCCN4CCCC[C@@H]34)cc2c1C. The monoisotopic (exact) mass is 339 g/mol. The first-order valence-electron chi connectivity index (χ1n) is 9.74. The van der Waals surface area contributed by atoms with Crippen LogP contribution in [0.4, 0.5) is 0 Å². The van der Waals surface area contributed by atoms with Gasteiger partial charge < -0.3 is 15.2 Å². The first-order chi connectivity index (χ1) is 12.1. The van der Waals surface area contributed by atoms with E-state index >= 15 is 0 Å². The van der Waals surface area contributed by atoms with Crippen molar-refractivity contribution in [3.63, 3.8) is 0 Å². The number of nitrogens with one attached hydrogen (secondary N) is 2. The molecule has 1 amide bonds. The Balaban J connectivity index is 1.44. The van der Waals surface area contributed by atoms with Gasteiger partial charge in [-0.3, -0.25) is 4.79 Å². The molecular formula is C21H29N3O. The number of nitrogens with zero attached hydrogens (tertiary/aromatic N) is 1. The maximum atomic E-state index is 12.7. The van der Waals surface area contributed by atoms with Crippen LogP contribution in [0, 0.1) is 19.8 Å². The van der Waals surface area contributed by atoms with Crippen molar-refractivity contribution < 1.29 is 4.79 Å². The van der Waals surface area contributed by atoms with E-state index < -0.39 is 0 Å². The lowest BCUT2D eigenvalue weighted by Crippen LogP contribution is -2.51. The Hall–Kier alpha value is -1.81. The molecule has 2 saturated heterocycles. The van der Waals surface area contributed by atoms with Crippen molar-refractivity contribution in [3.8, 4) is 0 Å². The summed E-state index contributed by atoms with van der Waals surface area (Å²) in [7, 11) is 0. The highest BCUT2D eigenvalue weighted by Crippen LogP contribution is 2.30. The molecule has 2 aliphatic rings. The molecule has 1 aromatic heterocycles. The van der Waals surface area contributed by atoms with E-state index in [9.17, 15) is 4.79 Å². The topological polar surface area (TPSA) is 48.1 Å². The molecule has 0 spiro atoms. The lowest BCUT2D eigenvalue weighted by molar-refractivity contribution is 0.0575. The van der Waals surface area contributed by atoms with E-state index in [2.05, 4.69) is 29.0 Å². The van der Waals surface area contributed by atoms with Crippen molar-refractivity contribution in [1.82, 2.24) is 15.2 Å². The summed E-state index contributed by atoms with van der Waals surface area (Å²) < 4.78 is 0.